The van der Waals surface area contributed by atoms with E-state index < -0.39 is 0 Å². The Morgan fingerprint density at radius 3 is 2.12 bits per heavy atom. The van der Waals surface area contributed by atoms with Crippen molar-refractivity contribution in [3.8, 4) is 17.2 Å². The van der Waals surface area contributed by atoms with Crippen molar-refractivity contribution in [3.63, 3.8) is 0 Å². The molecule has 0 spiro atoms. The third kappa shape index (κ3) is 3.76. The molecule has 0 unspecified atom stereocenters. The van der Waals surface area contributed by atoms with Gasteiger partial charge >= 0.3 is 0 Å². The molecule has 1 N–H and O–H groups in total. The molecule has 3 aromatic rings. The van der Waals surface area contributed by atoms with Gasteiger partial charge in [-0.1, -0.05) is 12.1 Å². The normalized spacial score (nSPS) is 16.0. The van der Waals surface area contributed by atoms with E-state index in [4.69, 9.17) is 14.3 Å². The standard InChI is InChI=1S/C19H15N3O3/c1-3-16(12-20-9-1)23-15-7-5-14(6-8-15)18-11-19(22-25-18)24-17-4-2-10-21-13-17/h1-13,18,22H/t18-/m1/s1. The molecule has 0 amide bonds. The topological polar surface area (TPSA) is 65.5 Å². The molecule has 6 heteroatoms. The van der Waals surface area contributed by atoms with Crippen molar-refractivity contribution in [2.24, 2.45) is 0 Å². The molecule has 0 aliphatic carbocycles. The first-order valence-corrected chi connectivity index (χ1v) is 7.76. The van der Waals surface area contributed by atoms with Gasteiger partial charge in [0, 0.05) is 18.5 Å². The zero-order chi connectivity index (χ0) is 16.9. The van der Waals surface area contributed by atoms with Crippen LogP contribution in [0.15, 0.2) is 85.3 Å². The summed E-state index contributed by atoms with van der Waals surface area (Å²) in [7, 11) is 0. The van der Waals surface area contributed by atoms with Crippen LogP contribution in [0.5, 0.6) is 17.2 Å². The van der Waals surface area contributed by atoms with Crippen LogP contribution in [-0.4, -0.2) is 9.97 Å². The Morgan fingerprint density at radius 2 is 1.48 bits per heavy atom. The fourth-order valence-corrected chi connectivity index (χ4v) is 2.35. The summed E-state index contributed by atoms with van der Waals surface area (Å²) in [4.78, 5) is 13.6. The number of hydrogen-bond donors (Lipinski definition) is 1. The summed E-state index contributed by atoms with van der Waals surface area (Å²) in [5.41, 5.74) is 3.76. The minimum absolute atomic E-state index is 0.237. The van der Waals surface area contributed by atoms with Gasteiger partial charge in [0.25, 0.3) is 0 Å². The summed E-state index contributed by atoms with van der Waals surface area (Å²) in [6.45, 7) is 0. The molecule has 0 fully saturated rings. The number of hydroxylamine groups is 1. The Bertz CT molecular complexity index is 852. The molecule has 1 aromatic carbocycles. The van der Waals surface area contributed by atoms with E-state index in [2.05, 4.69) is 15.4 Å². The van der Waals surface area contributed by atoms with Crippen LogP contribution in [-0.2, 0) is 4.84 Å². The van der Waals surface area contributed by atoms with Gasteiger partial charge in [0.2, 0.25) is 5.88 Å². The maximum atomic E-state index is 5.73. The van der Waals surface area contributed by atoms with Gasteiger partial charge in [0.15, 0.2) is 0 Å². The molecule has 2 aromatic heterocycles. The van der Waals surface area contributed by atoms with Crippen LogP contribution in [0.4, 0.5) is 0 Å². The lowest BCUT2D eigenvalue weighted by Gasteiger charge is -2.09. The van der Waals surface area contributed by atoms with Crippen molar-refractivity contribution >= 4 is 0 Å². The second-order valence-electron chi connectivity index (χ2n) is 5.32. The Labute approximate surface area is 144 Å². The summed E-state index contributed by atoms with van der Waals surface area (Å²) >= 11 is 0. The first-order chi connectivity index (χ1) is 12.4. The molecule has 1 aliphatic rings. The lowest BCUT2D eigenvalue weighted by Crippen LogP contribution is -2.12. The number of benzene rings is 1. The highest BCUT2D eigenvalue weighted by molar-refractivity contribution is 5.34. The number of aromatic nitrogens is 2. The molecular formula is C19H15N3O3. The SMILES string of the molecule is C1=C(Oc2cccnc2)NO[C@H]1c1ccc(Oc2cccnc2)cc1. The van der Waals surface area contributed by atoms with Crippen molar-refractivity contribution in [3.05, 3.63) is 90.8 Å². The van der Waals surface area contributed by atoms with Gasteiger partial charge in [-0.2, -0.15) is 0 Å². The fraction of sp³-hybridized carbons (Fsp3) is 0.0526. The van der Waals surface area contributed by atoms with Crippen molar-refractivity contribution < 1.29 is 14.3 Å². The van der Waals surface area contributed by atoms with Gasteiger partial charge in [-0.05, 0) is 42.0 Å². The highest BCUT2D eigenvalue weighted by Gasteiger charge is 2.20. The minimum atomic E-state index is -0.237. The molecular weight excluding hydrogens is 318 g/mol. The van der Waals surface area contributed by atoms with E-state index >= 15 is 0 Å². The first-order valence-electron chi connectivity index (χ1n) is 7.76. The maximum Gasteiger partial charge on any atom is 0.216 e. The Kier molecular flexibility index (Phi) is 4.26. The van der Waals surface area contributed by atoms with Gasteiger partial charge in [0.05, 0.1) is 12.4 Å². The molecule has 0 saturated carbocycles. The van der Waals surface area contributed by atoms with Crippen LogP contribution in [0.1, 0.15) is 11.7 Å². The molecule has 4 rings (SSSR count). The third-order valence-electron chi connectivity index (χ3n) is 3.53. The van der Waals surface area contributed by atoms with E-state index in [1.54, 1.807) is 24.8 Å². The number of hydrogen-bond acceptors (Lipinski definition) is 6. The van der Waals surface area contributed by atoms with E-state index in [1.165, 1.54) is 0 Å². The van der Waals surface area contributed by atoms with Gasteiger partial charge in [-0.25, -0.2) is 5.48 Å². The van der Waals surface area contributed by atoms with Crippen molar-refractivity contribution in [2.75, 3.05) is 0 Å². The molecule has 1 aliphatic heterocycles. The van der Waals surface area contributed by atoms with Crippen molar-refractivity contribution in [2.45, 2.75) is 6.10 Å². The van der Waals surface area contributed by atoms with Gasteiger partial charge < -0.3 is 9.47 Å². The van der Waals surface area contributed by atoms with Crippen LogP contribution in [0, 0.1) is 0 Å². The molecule has 1 atom stereocenters. The molecule has 6 nitrogen and oxygen atoms in total. The van der Waals surface area contributed by atoms with Crippen LogP contribution in [0.2, 0.25) is 0 Å². The zero-order valence-electron chi connectivity index (χ0n) is 13.2. The number of pyridine rings is 2. The number of rotatable bonds is 5. The number of nitrogens with one attached hydrogen (secondary N) is 1. The smallest absolute Gasteiger partial charge is 0.216 e. The molecule has 0 radical (unpaired) electrons. The van der Waals surface area contributed by atoms with Crippen LogP contribution >= 0.6 is 0 Å². The highest BCUT2D eigenvalue weighted by atomic mass is 16.7. The Balaban J connectivity index is 1.42. The van der Waals surface area contributed by atoms with Gasteiger partial charge in [-0.3, -0.25) is 14.8 Å². The zero-order valence-corrected chi connectivity index (χ0v) is 13.2. The second-order valence-corrected chi connectivity index (χ2v) is 5.32. The predicted octanol–water partition coefficient (Wildman–Crippen LogP) is 3.77. The van der Waals surface area contributed by atoms with Gasteiger partial charge in [0.1, 0.15) is 23.4 Å². The summed E-state index contributed by atoms with van der Waals surface area (Å²) < 4.78 is 11.4. The molecule has 25 heavy (non-hydrogen) atoms. The van der Waals surface area contributed by atoms with E-state index in [0.717, 1.165) is 11.3 Å². The average Bonchev–Trinajstić information content (AvgIpc) is 3.12. The number of ether oxygens (including phenoxy) is 2. The lowest BCUT2D eigenvalue weighted by molar-refractivity contribution is 0.0273. The fourth-order valence-electron chi connectivity index (χ4n) is 2.35. The number of nitrogens with zero attached hydrogens (tertiary/aromatic N) is 2. The molecule has 3 heterocycles. The summed E-state index contributed by atoms with van der Waals surface area (Å²) in [5.74, 6) is 2.61. The largest absolute Gasteiger partial charge is 0.456 e. The van der Waals surface area contributed by atoms with E-state index in [0.29, 0.717) is 17.4 Å². The quantitative estimate of drug-likeness (QED) is 0.767. The molecule has 124 valence electrons. The van der Waals surface area contributed by atoms with Crippen LogP contribution in [0.3, 0.4) is 0 Å². The van der Waals surface area contributed by atoms with E-state index in [-0.39, 0.29) is 6.10 Å². The van der Waals surface area contributed by atoms with Crippen LogP contribution in [0.25, 0.3) is 0 Å². The Morgan fingerprint density at radius 1 is 0.800 bits per heavy atom. The Hall–Kier alpha value is -3.38. The lowest BCUT2D eigenvalue weighted by atomic mass is 10.1. The maximum absolute atomic E-state index is 5.73. The van der Waals surface area contributed by atoms with Crippen LogP contribution < -0.4 is 15.0 Å². The van der Waals surface area contributed by atoms with Crippen molar-refractivity contribution in [1.82, 2.24) is 15.4 Å². The van der Waals surface area contributed by atoms with E-state index in [9.17, 15) is 0 Å². The van der Waals surface area contributed by atoms with Crippen molar-refractivity contribution in [1.29, 1.82) is 0 Å². The first kappa shape index (κ1) is 15.2. The van der Waals surface area contributed by atoms with E-state index in [1.807, 2.05) is 54.6 Å². The monoisotopic (exact) mass is 333 g/mol. The summed E-state index contributed by atoms with van der Waals surface area (Å²) in [6, 6.07) is 15.0. The molecule has 0 saturated heterocycles. The van der Waals surface area contributed by atoms with Gasteiger partial charge in [-0.15, -0.1) is 0 Å². The highest BCUT2D eigenvalue weighted by Crippen LogP contribution is 2.28. The average molecular weight is 333 g/mol. The summed E-state index contributed by atoms with van der Waals surface area (Å²) in [5, 5.41) is 0. The molecule has 0 bridgehead atoms. The minimum Gasteiger partial charge on any atom is -0.456 e. The predicted molar refractivity (Wildman–Crippen MR) is 90.7 cm³/mol. The second kappa shape index (κ2) is 7.02. The summed E-state index contributed by atoms with van der Waals surface area (Å²) in [6.07, 6.45) is 8.34. The third-order valence-corrected chi connectivity index (χ3v) is 3.53.